The van der Waals surface area contributed by atoms with E-state index in [-0.39, 0.29) is 24.0 Å². The number of hydrogen-bond donors (Lipinski definition) is 2. The van der Waals surface area contributed by atoms with Gasteiger partial charge < -0.3 is 10.6 Å². The van der Waals surface area contributed by atoms with Gasteiger partial charge in [-0.25, -0.2) is 0 Å². The highest BCUT2D eigenvalue weighted by Gasteiger charge is 2.03. The van der Waals surface area contributed by atoms with E-state index in [2.05, 4.69) is 69.6 Å². The lowest BCUT2D eigenvalue weighted by atomic mass is 10.1. The highest BCUT2D eigenvalue weighted by Crippen LogP contribution is 2.08. The van der Waals surface area contributed by atoms with E-state index >= 15 is 0 Å². The summed E-state index contributed by atoms with van der Waals surface area (Å²) in [5.74, 6) is 0.842. The van der Waals surface area contributed by atoms with Crippen molar-refractivity contribution in [2.75, 3.05) is 13.6 Å². The van der Waals surface area contributed by atoms with Crippen LogP contribution in [0.5, 0.6) is 0 Å². The smallest absolute Gasteiger partial charge is 0.191 e. The molecule has 1 aromatic heterocycles. The first-order valence-corrected chi connectivity index (χ1v) is 8.66. The van der Waals surface area contributed by atoms with E-state index in [0.717, 1.165) is 44.1 Å². The Hall–Kier alpha value is -1.57. The third kappa shape index (κ3) is 6.68. The fourth-order valence-corrected chi connectivity index (χ4v) is 2.81. The maximum atomic E-state index is 4.49. The largest absolute Gasteiger partial charge is 0.356 e. The molecule has 2 N–H and O–H groups in total. The van der Waals surface area contributed by atoms with E-state index in [1.165, 1.54) is 16.8 Å². The molecule has 0 bridgehead atoms. The van der Waals surface area contributed by atoms with Gasteiger partial charge in [0.05, 0.1) is 5.69 Å². The number of rotatable bonds is 7. The maximum Gasteiger partial charge on any atom is 0.191 e. The lowest BCUT2D eigenvalue weighted by molar-refractivity contribution is 0.555. The molecule has 0 amide bonds. The van der Waals surface area contributed by atoms with Crippen molar-refractivity contribution in [3.05, 3.63) is 52.8 Å². The van der Waals surface area contributed by atoms with E-state index in [4.69, 9.17) is 0 Å². The third-order valence-corrected chi connectivity index (χ3v) is 4.11. The van der Waals surface area contributed by atoms with Gasteiger partial charge >= 0.3 is 0 Å². The minimum atomic E-state index is 0. The predicted molar refractivity (Wildman–Crippen MR) is 116 cm³/mol. The summed E-state index contributed by atoms with van der Waals surface area (Å²) in [6.45, 7) is 8.89. The molecule has 0 fully saturated rings. The van der Waals surface area contributed by atoms with Gasteiger partial charge in [-0.1, -0.05) is 31.2 Å². The molecule has 25 heavy (non-hydrogen) atoms. The van der Waals surface area contributed by atoms with Gasteiger partial charge in [-0.15, -0.1) is 24.0 Å². The molecule has 138 valence electrons. The highest BCUT2D eigenvalue weighted by molar-refractivity contribution is 14.0. The average Bonchev–Trinajstić information content (AvgIpc) is 2.92. The zero-order valence-electron chi connectivity index (χ0n) is 15.7. The number of guanidine groups is 1. The predicted octanol–water partition coefficient (Wildman–Crippen LogP) is 3.44. The fourth-order valence-electron chi connectivity index (χ4n) is 2.81. The first-order valence-electron chi connectivity index (χ1n) is 8.66. The van der Waals surface area contributed by atoms with Crippen LogP contribution in [0.25, 0.3) is 0 Å². The van der Waals surface area contributed by atoms with Crippen molar-refractivity contribution in [3.8, 4) is 0 Å². The lowest BCUT2D eigenvalue weighted by Crippen LogP contribution is -2.37. The Morgan fingerprint density at radius 2 is 1.88 bits per heavy atom. The van der Waals surface area contributed by atoms with E-state index in [1.54, 1.807) is 0 Å². The number of aromatic nitrogens is 2. The summed E-state index contributed by atoms with van der Waals surface area (Å²) in [5.41, 5.74) is 4.99. The number of nitrogens with one attached hydrogen (secondary N) is 2. The van der Waals surface area contributed by atoms with Crippen LogP contribution in [0.1, 0.15) is 35.9 Å². The Kier molecular flexibility index (Phi) is 9.55. The fraction of sp³-hybridized carbons (Fsp3) is 0.474. The van der Waals surface area contributed by atoms with Crippen LogP contribution in [0.4, 0.5) is 0 Å². The zero-order chi connectivity index (χ0) is 17.4. The van der Waals surface area contributed by atoms with Crippen molar-refractivity contribution < 1.29 is 0 Å². The molecule has 0 unspecified atom stereocenters. The molecule has 0 aliphatic carbocycles. The summed E-state index contributed by atoms with van der Waals surface area (Å²) in [6.07, 6.45) is 2.06. The van der Waals surface area contributed by atoms with Gasteiger partial charge in [-0.05, 0) is 43.9 Å². The van der Waals surface area contributed by atoms with Crippen LogP contribution in [0.3, 0.4) is 0 Å². The molecule has 6 heteroatoms. The van der Waals surface area contributed by atoms with Crippen LogP contribution in [-0.2, 0) is 19.5 Å². The maximum absolute atomic E-state index is 4.49. The molecular weight excluding hydrogens is 425 g/mol. The van der Waals surface area contributed by atoms with Crippen molar-refractivity contribution in [1.29, 1.82) is 0 Å². The zero-order valence-corrected chi connectivity index (χ0v) is 18.0. The first kappa shape index (κ1) is 21.5. The molecule has 2 aromatic rings. The Morgan fingerprint density at radius 1 is 1.16 bits per heavy atom. The molecule has 0 saturated carbocycles. The standard InChI is InChI=1S/C19H29N5.HI/c1-5-17-9-6-7-10-18(17)14-22-19(20-4)21-11-8-12-24-16(3)13-15(2)23-24;/h6-7,9-10,13H,5,8,11-12,14H2,1-4H3,(H2,20,21,22);1H. The Labute approximate surface area is 168 Å². The quantitative estimate of drug-likeness (QED) is 0.291. The molecule has 0 spiro atoms. The van der Waals surface area contributed by atoms with Crippen molar-refractivity contribution in [1.82, 2.24) is 20.4 Å². The van der Waals surface area contributed by atoms with Crippen LogP contribution in [0.2, 0.25) is 0 Å². The van der Waals surface area contributed by atoms with Crippen LogP contribution in [-0.4, -0.2) is 29.3 Å². The van der Waals surface area contributed by atoms with Crippen molar-refractivity contribution in [2.24, 2.45) is 4.99 Å². The van der Waals surface area contributed by atoms with E-state index in [9.17, 15) is 0 Å². The second kappa shape index (κ2) is 11.1. The van der Waals surface area contributed by atoms with Gasteiger partial charge in [0, 0.05) is 32.4 Å². The van der Waals surface area contributed by atoms with Crippen molar-refractivity contribution in [2.45, 2.75) is 46.7 Å². The van der Waals surface area contributed by atoms with Crippen LogP contribution < -0.4 is 10.6 Å². The third-order valence-electron chi connectivity index (χ3n) is 4.11. The summed E-state index contributed by atoms with van der Waals surface area (Å²) in [7, 11) is 1.81. The van der Waals surface area contributed by atoms with Crippen molar-refractivity contribution in [3.63, 3.8) is 0 Å². The number of aliphatic imine (C=N–C) groups is 1. The second-order valence-corrected chi connectivity index (χ2v) is 5.98. The molecular formula is C19H30IN5. The Morgan fingerprint density at radius 3 is 2.48 bits per heavy atom. The average molecular weight is 455 g/mol. The molecule has 0 saturated heterocycles. The molecule has 2 rings (SSSR count). The SMILES string of the molecule is CCc1ccccc1CNC(=NC)NCCCn1nc(C)cc1C.I. The minimum Gasteiger partial charge on any atom is -0.356 e. The van der Waals surface area contributed by atoms with Gasteiger partial charge in [-0.2, -0.15) is 5.10 Å². The summed E-state index contributed by atoms with van der Waals surface area (Å²) in [4.78, 5) is 4.30. The topological polar surface area (TPSA) is 54.2 Å². The summed E-state index contributed by atoms with van der Waals surface area (Å²) < 4.78 is 2.06. The summed E-state index contributed by atoms with van der Waals surface area (Å²) in [5, 5.41) is 11.2. The number of nitrogens with zero attached hydrogens (tertiary/aromatic N) is 3. The minimum absolute atomic E-state index is 0. The summed E-state index contributed by atoms with van der Waals surface area (Å²) >= 11 is 0. The van der Waals surface area contributed by atoms with Crippen LogP contribution in [0.15, 0.2) is 35.3 Å². The molecule has 0 aliphatic rings. The molecule has 1 aromatic carbocycles. The molecule has 1 heterocycles. The Balaban J connectivity index is 0.00000312. The number of hydrogen-bond acceptors (Lipinski definition) is 2. The van der Waals surface area contributed by atoms with E-state index in [0.29, 0.717) is 0 Å². The number of aryl methyl sites for hydroxylation is 4. The second-order valence-electron chi connectivity index (χ2n) is 5.98. The first-order chi connectivity index (χ1) is 11.6. The molecule has 0 aliphatic heterocycles. The van der Waals surface area contributed by atoms with Gasteiger partial charge in [0.25, 0.3) is 0 Å². The molecule has 0 atom stereocenters. The van der Waals surface area contributed by atoms with Crippen LogP contribution >= 0.6 is 24.0 Å². The number of halogens is 1. The summed E-state index contributed by atoms with van der Waals surface area (Å²) in [6, 6.07) is 10.6. The van der Waals surface area contributed by atoms with Gasteiger partial charge in [0.1, 0.15) is 0 Å². The molecule has 5 nitrogen and oxygen atoms in total. The molecule has 0 radical (unpaired) electrons. The van der Waals surface area contributed by atoms with Gasteiger partial charge in [-0.3, -0.25) is 9.67 Å². The lowest BCUT2D eigenvalue weighted by Gasteiger charge is -2.14. The monoisotopic (exact) mass is 455 g/mol. The van der Waals surface area contributed by atoms with E-state index < -0.39 is 0 Å². The normalized spacial score (nSPS) is 11.1. The van der Waals surface area contributed by atoms with Crippen molar-refractivity contribution >= 4 is 29.9 Å². The van der Waals surface area contributed by atoms with E-state index in [1.807, 2.05) is 14.0 Å². The van der Waals surface area contributed by atoms with Crippen LogP contribution in [0, 0.1) is 13.8 Å². The number of benzene rings is 1. The highest BCUT2D eigenvalue weighted by atomic mass is 127. The van der Waals surface area contributed by atoms with Gasteiger partial charge in [0.2, 0.25) is 0 Å². The van der Waals surface area contributed by atoms with Gasteiger partial charge in [0.15, 0.2) is 5.96 Å². The Bertz CT molecular complexity index is 678.